The van der Waals surface area contributed by atoms with Gasteiger partial charge in [-0.2, -0.15) is 0 Å². The minimum absolute atomic E-state index is 0.0114. The van der Waals surface area contributed by atoms with Crippen LogP contribution < -0.4 is 15.5 Å². The third-order valence-corrected chi connectivity index (χ3v) is 5.97. The molecule has 3 aromatic carbocycles. The number of benzene rings is 3. The second-order valence-corrected chi connectivity index (χ2v) is 9.18. The molecule has 1 aliphatic rings. The summed E-state index contributed by atoms with van der Waals surface area (Å²) in [6.07, 6.45) is 0.933. The van der Waals surface area contributed by atoms with E-state index in [9.17, 15) is 9.59 Å². The lowest BCUT2D eigenvalue weighted by molar-refractivity contribution is 0.0942. The Hall–Kier alpha value is -3.12. The molecule has 0 radical (unpaired) electrons. The van der Waals surface area contributed by atoms with Crippen LogP contribution in [0.25, 0.3) is 0 Å². The monoisotopic (exact) mass is 491 g/mol. The van der Waals surface area contributed by atoms with E-state index in [0.29, 0.717) is 16.8 Å². The predicted molar refractivity (Wildman–Crippen MR) is 132 cm³/mol. The quantitative estimate of drug-likeness (QED) is 0.501. The second-order valence-electron chi connectivity index (χ2n) is 8.26. The van der Waals surface area contributed by atoms with Crippen LogP contribution in [0.15, 0.2) is 71.2 Å². The van der Waals surface area contributed by atoms with Gasteiger partial charge in [-0.05, 0) is 67.8 Å². The van der Waals surface area contributed by atoms with Crippen molar-refractivity contribution in [1.29, 1.82) is 0 Å². The average Bonchev–Trinajstić information content (AvgIpc) is 2.78. The molecular formula is C26H26BrN3O2. The van der Waals surface area contributed by atoms with Crippen molar-refractivity contribution < 1.29 is 9.59 Å². The average molecular weight is 492 g/mol. The zero-order chi connectivity index (χ0) is 22.7. The summed E-state index contributed by atoms with van der Waals surface area (Å²) in [4.78, 5) is 28.0. The van der Waals surface area contributed by atoms with Crippen molar-refractivity contribution in [3.8, 4) is 0 Å². The van der Waals surface area contributed by atoms with Crippen LogP contribution in [0.5, 0.6) is 0 Å². The highest BCUT2D eigenvalue weighted by molar-refractivity contribution is 9.10. The van der Waals surface area contributed by atoms with Gasteiger partial charge in [0, 0.05) is 40.5 Å². The molecule has 0 saturated carbocycles. The molecule has 3 aromatic rings. The zero-order valence-corrected chi connectivity index (χ0v) is 19.8. The van der Waals surface area contributed by atoms with Gasteiger partial charge in [-0.15, -0.1) is 0 Å². The maximum absolute atomic E-state index is 13.1. The van der Waals surface area contributed by atoms with E-state index in [1.807, 2.05) is 38.1 Å². The first-order valence-electron chi connectivity index (χ1n) is 10.7. The SMILES string of the molecule is CC(C)NC(=O)c1cc(NC(=O)c2cccc(Br)c2)ccc1N1CCc2ccccc2C1. The normalized spacial score (nSPS) is 12.9. The third-order valence-electron chi connectivity index (χ3n) is 5.48. The molecule has 0 saturated heterocycles. The van der Waals surface area contributed by atoms with Gasteiger partial charge < -0.3 is 15.5 Å². The number of anilines is 2. The van der Waals surface area contributed by atoms with E-state index in [1.165, 1.54) is 11.1 Å². The maximum atomic E-state index is 13.1. The van der Waals surface area contributed by atoms with Crippen LogP contribution in [0.1, 0.15) is 45.7 Å². The summed E-state index contributed by atoms with van der Waals surface area (Å²) < 4.78 is 0.836. The minimum atomic E-state index is -0.221. The Morgan fingerprint density at radius 2 is 1.72 bits per heavy atom. The Bertz CT molecular complexity index is 1160. The molecule has 0 aromatic heterocycles. The lowest BCUT2D eigenvalue weighted by Crippen LogP contribution is -2.35. The van der Waals surface area contributed by atoms with E-state index in [-0.39, 0.29) is 17.9 Å². The molecule has 2 amide bonds. The molecule has 0 spiro atoms. The molecule has 32 heavy (non-hydrogen) atoms. The maximum Gasteiger partial charge on any atom is 0.255 e. The van der Waals surface area contributed by atoms with Crippen LogP contribution in [0, 0.1) is 0 Å². The van der Waals surface area contributed by atoms with Crippen molar-refractivity contribution in [2.75, 3.05) is 16.8 Å². The number of amides is 2. The Labute approximate surface area is 197 Å². The molecule has 5 nitrogen and oxygen atoms in total. The highest BCUT2D eigenvalue weighted by Gasteiger charge is 2.22. The van der Waals surface area contributed by atoms with Gasteiger partial charge in [-0.3, -0.25) is 9.59 Å². The summed E-state index contributed by atoms with van der Waals surface area (Å²) >= 11 is 3.40. The van der Waals surface area contributed by atoms with Gasteiger partial charge in [0.15, 0.2) is 0 Å². The molecule has 2 N–H and O–H groups in total. The fourth-order valence-electron chi connectivity index (χ4n) is 3.95. The third kappa shape index (κ3) is 5.02. The molecule has 4 rings (SSSR count). The van der Waals surface area contributed by atoms with Crippen LogP contribution in [0.4, 0.5) is 11.4 Å². The lowest BCUT2D eigenvalue weighted by Gasteiger charge is -2.32. The summed E-state index contributed by atoms with van der Waals surface area (Å²) in [6, 6.07) is 21.2. The molecule has 0 aliphatic carbocycles. The first-order valence-corrected chi connectivity index (χ1v) is 11.5. The van der Waals surface area contributed by atoms with Crippen molar-refractivity contribution in [2.24, 2.45) is 0 Å². The van der Waals surface area contributed by atoms with Gasteiger partial charge in [0.25, 0.3) is 11.8 Å². The summed E-state index contributed by atoms with van der Waals surface area (Å²) in [7, 11) is 0. The van der Waals surface area contributed by atoms with Gasteiger partial charge in [0.1, 0.15) is 0 Å². The highest BCUT2D eigenvalue weighted by Crippen LogP contribution is 2.30. The number of carbonyl (C=O) groups excluding carboxylic acids is 2. The smallest absolute Gasteiger partial charge is 0.255 e. The Balaban J connectivity index is 1.63. The summed E-state index contributed by atoms with van der Waals surface area (Å²) in [5.41, 5.74) is 5.20. The van der Waals surface area contributed by atoms with E-state index in [0.717, 1.165) is 29.7 Å². The molecule has 0 atom stereocenters. The Morgan fingerprint density at radius 3 is 2.47 bits per heavy atom. The number of hydrogen-bond acceptors (Lipinski definition) is 3. The largest absolute Gasteiger partial charge is 0.366 e. The number of carbonyl (C=O) groups is 2. The molecule has 1 heterocycles. The first-order chi connectivity index (χ1) is 15.4. The topological polar surface area (TPSA) is 61.4 Å². The van der Waals surface area contributed by atoms with Gasteiger partial charge in [0.05, 0.1) is 5.56 Å². The van der Waals surface area contributed by atoms with Crippen molar-refractivity contribution in [3.63, 3.8) is 0 Å². The van der Waals surface area contributed by atoms with E-state index < -0.39 is 0 Å². The fraction of sp³-hybridized carbons (Fsp3) is 0.231. The van der Waals surface area contributed by atoms with Gasteiger partial charge in [0.2, 0.25) is 0 Å². The van der Waals surface area contributed by atoms with Crippen molar-refractivity contribution >= 4 is 39.1 Å². The van der Waals surface area contributed by atoms with E-state index in [2.05, 4.69) is 55.7 Å². The number of nitrogens with zero attached hydrogens (tertiary/aromatic N) is 1. The first kappa shape index (κ1) is 22.1. The van der Waals surface area contributed by atoms with Crippen LogP contribution in [-0.2, 0) is 13.0 Å². The van der Waals surface area contributed by atoms with Crippen LogP contribution in [0.2, 0.25) is 0 Å². The van der Waals surface area contributed by atoms with Gasteiger partial charge >= 0.3 is 0 Å². The van der Waals surface area contributed by atoms with Crippen molar-refractivity contribution in [2.45, 2.75) is 32.9 Å². The molecule has 0 unspecified atom stereocenters. The fourth-order valence-corrected chi connectivity index (χ4v) is 4.34. The number of fused-ring (bicyclic) bond motifs is 1. The highest BCUT2D eigenvalue weighted by atomic mass is 79.9. The van der Waals surface area contributed by atoms with Gasteiger partial charge in [-0.1, -0.05) is 46.3 Å². The number of hydrogen-bond donors (Lipinski definition) is 2. The standard InChI is InChI=1S/C26H26BrN3O2/c1-17(2)28-26(32)23-15-22(29-25(31)19-8-5-9-21(27)14-19)10-11-24(23)30-13-12-18-6-3-4-7-20(18)16-30/h3-11,14-15,17H,12-13,16H2,1-2H3,(H,28,32)(H,29,31). The van der Waals surface area contributed by atoms with Crippen LogP contribution >= 0.6 is 15.9 Å². The number of rotatable bonds is 5. The van der Waals surface area contributed by atoms with Crippen molar-refractivity contribution in [3.05, 3.63) is 93.5 Å². The summed E-state index contributed by atoms with van der Waals surface area (Å²) in [6.45, 7) is 5.46. The molecule has 0 fully saturated rings. The van der Waals surface area contributed by atoms with Crippen molar-refractivity contribution in [1.82, 2.24) is 5.32 Å². The lowest BCUT2D eigenvalue weighted by atomic mass is 9.98. The van der Waals surface area contributed by atoms with E-state index >= 15 is 0 Å². The molecule has 164 valence electrons. The molecule has 6 heteroatoms. The number of nitrogens with one attached hydrogen (secondary N) is 2. The van der Waals surface area contributed by atoms with E-state index in [4.69, 9.17) is 0 Å². The Kier molecular flexibility index (Phi) is 6.61. The van der Waals surface area contributed by atoms with Crippen LogP contribution in [0.3, 0.4) is 0 Å². The minimum Gasteiger partial charge on any atom is -0.366 e. The second kappa shape index (κ2) is 9.57. The molecule has 0 bridgehead atoms. The summed E-state index contributed by atoms with van der Waals surface area (Å²) in [5, 5.41) is 5.91. The predicted octanol–water partition coefficient (Wildman–Crippen LogP) is 5.40. The Morgan fingerprint density at radius 1 is 0.938 bits per heavy atom. The van der Waals surface area contributed by atoms with Crippen LogP contribution in [-0.4, -0.2) is 24.4 Å². The number of halogens is 1. The summed E-state index contributed by atoms with van der Waals surface area (Å²) in [5.74, 6) is -0.367. The zero-order valence-electron chi connectivity index (χ0n) is 18.2. The van der Waals surface area contributed by atoms with E-state index in [1.54, 1.807) is 18.2 Å². The molecular weight excluding hydrogens is 466 g/mol. The van der Waals surface area contributed by atoms with Gasteiger partial charge in [-0.25, -0.2) is 0 Å². The molecule has 1 aliphatic heterocycles.